The topological polar surface area (TPSA) is 41.9 Å². The van der Waals surface area contributed by atoms with E-state index in [0.29, 0.717) is 23.1 Å². The first-order valence-corrected chi connectivity index (χ1v) is 6.90. The third kappa shape index (κ3) is 4.35. The predicted octanol–water partition coefficient (Wildman–Crippen LogP) is 3.17. The van der Waals surface area contributed by atoms with E-state index in [1.165, 1.54) is 25.3 Å². The van der Waals surface area contributed by atoms with Crippen molar-refractivity contribution in [1.82, 2.24) is 4.90 Å². The van der Waals surface area contributed by atoms with Crippen molar-refractivity contribution in [2.24, 2.45) is 4.99 Å². The van der Waals surface area contributed by atoms with Crippen molar-refractivity contribution in [2.45, 2.75) is 19.3 Å². The molecule has 0 N–H and O–H groups in total. The lowest BCUT2D eigenvalue weighted by atomic mass is 10.1. The number of hydrogen-bond donors (Lipinski definition) is 0. The number of nitrogens with zero attached hydrogens (tertiary/aromatic N) is 2. The Balaban J connectivity index is 1.83. The number of isocyanates is 1. The van der Waals surface area contributed by atoms with Crippen LogP contribution in [0, 0.1) is 0 Å². The van der Waals surface area contributed by atoms with E-state index in [0.717, 1.165) is 19.6 Å². The zero-order valence-electron chi connectivity index (χ0n) is 10.8. The van der Waals surface area contributed by atoms with Gasteiger partial charge in [0.2, 0.25) is 6.08 Å². The summed E-state index contributed by atoms with van der Waals surface area (Å²) in [5.74, 6) is 0.628. The number of ether oxygens (including phenoxy) is 1. The predicted molar refractivity (Wildman–Crippen MR) is 75.0 cm³/mol. The first kappa shape index (κ1) is 14.1. The van der Waals surface area contributed by atoms with Crippen molar-refractivity contribution < 1.29 is 9.53 Å². The molecule has 0 aromatic heterocycles. The fourth-order valence-electron chi connectivity index (χ4n) is 2.20. The van der Waals surface area contributed by atoms with Gasteiger partial charge in [0.25, 0.3) is 0 Å². The van der Waals surface area contributed by atoms with Crippen molar-refractivity contribution in [3.8, 4) is 5.75 Å². The monoisotopic (exact) mass is 280 g/mol. The van der Waals surface area contributed by atoms with Gasteiger partial charge in [0.1, 0.15) is 12.4 Å². The molecule has 2 rings (SSSR count). The van der Waals surface area contributed by atoms with Crippen molar-refractivity contribution >= 4 is 23.4 Å². The zero-order chi connectivity index (χ0) is 13.5. The summed E-state index contributed by atoms with van der Waals surface area (Å²) in [6.45, 7) is 3.86. The van der Waals surface area contributed by atoms with Crippen LogP contribution >= 0.6 is 11.6 Å². The highest BCUT2D eigenvalue weighted by molar-refractivity contribution is 6.32. The molecule has 4 nitrogen and oxygen atoms in total. The molecule has 0 spiro atoms. The molecule has 0 unspecified atom stereocenters. The van der Waals surface area contributed by atoms with Crippen LogP contribution in [0.25, 0.3) is 0 Å². The quantitative estimate of drug-likeness (QED) is 0.614. The van der Waals surface area contributed by atoms with E-state index in [1.807, 2.05) is 0 Å². The van der Waals surface area contributed by atoms with Crippen LogP contribution in [0.2, 0.25) is 5.02 Å². The third-order valence-corrected chi connectivity index (χ3v) is 3.50. The van der Waals surface area contributed by atoms with E-state index >= 15 is 0 Å². The Hall–Kier alpha value is -1.35. The van der Waals surface area contributed by atoms with E-state index in [2.05, 4.69) is 9.89 Å². The Morgan fingerprint density at radius 1 is 1.32 bits per heavy atom. The molecule has 102 valence electrons. The lowest BCUT2D eigenvalue weighted by Crippen LogP contribution is -2.33. The molecule has 1 aromatic carbocycles. The first-order valence-electron chi connectivity index (χ1n) is 6.52. The summed E-state index contributed by atoms with van der Waals surface area (Å²) in [5, 5.41) is 0.468. The molecular formula is C14H17ClN2O2. The lowest BCUT2D eigenvalue weighted by Gasteiger charge is -2.26. The fourth-order valence-corrected chi connectivity index (χ4v) is 2.43. The van der Waals surface area contributed by atoms with Crippen LogP contribution in [0.1, 0.15) is 19.3 Å². The molecule has 1 saturated heterocycles. The number of rotatable bonds is 5. The van der Waals surface area contributed by atoms with E-state index in [-0.39, 0.29) is 0 Å². The summed E-state index contributed by atoms with van der Waals surface area (Å²) < 4.78 is 5.66. The molecular weight excluding hydrogens is 264 g/mol. The van der Waals surface area contributed by atoms with Crippen LogP contribution in [-0.4, -0.2) is 37.2 Å². The van der Waals surface area contributed by atoms with Crippen molar-refractivity contribution in [3.05, 3.63) is 23.2 Å². The van der Waals surface area contributed by atoms with Crippen LogP contribution in [0.3, 0.4) is 0 Å². The molecule has 1 aliphatic heterocycles. The summed E-state index contributed by atoms with van der Waals surface area (Å²) in [6.07, 6.45) is 5.37. The standard InChI is InChI=1S/C14H17ClN2O2/c15-13-10-12(16-11-18)4-5-14(13)19-9-8-17-6-2-1-3-7-17/h4-5,10H,1-3,6-9H2. The Kier molecular flexibility index (Phi) is 5.40. The van der Waals surface area contributed by atoms with Crippen LogP contribution in [0.5, 0.6) is 5.75 Å². The molecule has 1 heterocycles. The number of benzene rings is 1. The van der Waals surface area contributed by atoms with Gasteiger partial charge in [-0.15, -0.1) is 0 Å². The molecule has 1 aliphatic rings. The summed E-state index contributed by atoms with van der Waals surface area (Å²) in [5.41, 5.74) is 0.489. The number of aliphatic imine (C=N–C) groups is 1. The minimum absolute atomic E-state index is 0.468. The maximum Gasteiger partial charge on any atom is 0.240 e. The average Bonchev–Trinajstić information content (AvgIpc) is 2.43. The zero-order valence-corrected chi connectivity index (χ0v) is 11.5. The molecule has 1 aromatic rings. The van der Waals surface area contributed by atoms with Gasteiger partial charge in [-0.25, -0.2) is 4.79 Å². The van der Waals surface area contributed by atoms with Gasteiger partial charge in [-0.3, -0.25) is 4.90 Å². The molecule has 5 heteroatoms. The van der Waals surface area contributed by atoms with Crippen molar-refractivity contribution in [2.75, 3.05) is 26.2 Å². The molecule has 0 bridgehead atoms. The van der Waals surface area contributed by atoms with Crippen LogP contribution in [0.4, 0.5) is 5.69 Å². The molecule has 19 heavy (non-hydrogen) atoms. The second-order valence-electron chi connectivity index (χ2n) is 4.57. The Labute approximate surface area is 118 Å². The van der Waals surface area contributed by atoms with Crippen LogP contribution < -0.4 is 4.74 Å². The van der Waals surface area contributed by atoms with Gasteiger partial charge >= 0.3 is 0 Å². The highest BCUT2D eigenvalue weighted by Crippen LogP contribution is 2.28. The van der Waals surface area contributed by atoms with E-state index in [1.54, 1.807) is 18.2 Å². The normalized spacial score (nSPS) is 15.8. The average molecular weight is 281 g/mol. The number of piperidine rings is 1. The molecule has 0 radical (unpaired) electrons. The highest BCUT2D eigenvalue weighted by atomic mass is 35.5. The minimum atomic E-state index is 0.468. The highest BCUT2D eigenvalue weighted by Gasteiger charge is 2.10. The maximum atomic E-state index is 10.1. The Morgan fingerprint density at radius 2 is 2.11 bits per heavy atom. The Bertz CT molecular complexity index is 467. The summed E-state index contributed by atoms with van der Waals surface area (Å²) >= 11 is 6.06. The molecule has 0 amide bonds. The number of hydrogen-bond acceptors (Lipinski definition) is 4. The second-order valence-corrected chi connectivity index (χ2v) is 4.98. The van der Waals surface area contributed by atoms with E-state index in [4.69, 9.17) is 16.3 Å². The van der Waals surface area contributed by atoms with Gasteiger partial charge in [-0.05, 0) is 44.1 Å². The fraction of sp³-hybridized carbons (Fsp3) is 0.500. The van der Waals surface area contributed by atoms with Gasteiger partial charge in [-0.2, -0.15) is 4.99 Å². The summed E-state index contributed by atoms with van der Waals surface area (Å²) in [7, 11) is 0. The summed E-state index contributed by atoms with van der Waals surface area (Å²) in [4.78, 5) is 16.1. The third-order valence-electron chi connectivity index (χ3n) is 3.20. The van der Waals surface area contributed by atoms with Gasteiger partial charge in [0, 0.05) is 6.54 Å². The van der Waals surface area contributed by atoms with Gasteiger partial charge in [0.05, 0.1) is 10.7 Å². The summed E-state index contributed by atoms with van der Waals surface area (Å²) in [6, 6.07) is 5.02. The van der Waals surface area contributed by atoms with Crippen molar-refractivity contribution in [1.29, 1.82) is 0 Å². The number of halogens is 1. The second kappa shape index (κ2) is 7.29. The first-order chi connectivity index (χ1) is 9.29. The molecule has 0 aliphatic carbocycles. The SMILES string of the molecule is O=C=Nc1ccc(OCCN2CCCCC2)c(Cl)c1. The van der Waals surface area contributed by atoms with Crippen molar-refractivity contribution in [3.63, 3.8) is 0 Å². The van der Waals surface area contributed by atoms with Gasteiger partial charge < -0.3 is 4.74 Å². The lowest BCUT2D eigenvalue weighted by molar-refractivity contribution is 0.183. The smallest absolute Gasteiger partial charge is 0.240 e. The van der Waals surface area contributed by atoms with Gasteiger partial charge in [0.15, 0.2) is 0 Å². The number of carbonyl (C=O) groups excluding carboxylic acids is 1. The molecule has 0 atom stereocenters. The minimum Gasteiger partial charge on any atom is -0.491 e. The number of likely N-dealkylation sites (tertiary alicyclic amines) is 1. The largest absolute Gasteiger partial charge is 0.491 e. The van der Waals surface area contributed by atoms with Gasteiger partial charge in [-0.1, -0.05) is 18.0 Å². The van der Waals surface area contributed by atoms with Crippen LogP contribution in [-0.2, 0) is 4.79 Å². The Morgan fingerprint density at radius 3 is 2.79 bits per heavy atom. The molecule has 0 saturated carbocycles. The maximum absolute atomic E-state index is 10.1. The van der Waals surface area contributed by atoms with E-state index < -0.39 is 0 Å². The van der Waals surface area contributed by atoms with Crippen LogP contribution in [0.15, 0.2) is 23.2 Å². The van der Waals surface area contributed by atoms with E-state index in [9.17, 15) is 4.79 Å². The molecule has 1 fully saturated rings.